The van der Waals surface area contributed by atoms with Crippen LogP contribution in [-0.2, 0) is 9.59 Å². The van der Waals surface area contributed by atoms with Gasteiger partial charge in [0.2, 0.25) is 11.8 Å². The summed E-state index contributed by atoms with van der Waals surface area (Å²) in [6.45, 7) is 3.14. The Labute approximate surface area is 89.2 Å². The molecule has 0 radical (unpaired) electrons. The highest BCUT2D eigenvalue weighted by Crippen LogP contribution is 2.12. The van der Waals surface area contributed by atoms with Gasteiger partial charge >= 0.3 is 0 Å². The first-order valence-electron chi connectivity index (χ1n) is 5.56. The monoisotopic (exact) mass is 211 g/mol. The van der Waals surface area contributed by atoms with Crippen LogP contribution in [0.25, 0.3) is 0 Å². The fourth-order valence-electron chi connectivity index (χ4n) is 2.21. The van der Waals surface area contributed by atoms with Gasteiger partial charge in [0.25, 0.3) is 0 Å². The number of fused-ring (bicyclic) bond motifs is 1. The maximum atomic E-state index is 11.7. The molecule has 2 rings (SSSR count). The standard InChI is InChI=1S/C10H17N3O2/c14-9-3-2-8-10(15)12-4-1-6-13(8)7-5-11-9/h8H,1-7H2,(H,11,14)(H,12,15). The molecule has 2 heterocycles. The smallest absolute Gasteiger partial charge is 0.237 e. The average Bonchev–Trinajstić information content (AvgIpc) is 2.35. The van der Waals surface area contributed by atoms with Crippen LogP contribution in [0.2, 0.25) is 0 Å². The van der Waals surface area contributed by atoms with Gasteiger partial charge in [0, 0.05) is 32.6 Å². The molecule has 1 unspecified atom stereocenters. The van der Waals surface area contributed by atoms with E-state index in [9.17, 15) is 9.59 Å². The Kier molecular flexibility index (Phi) is 3.20. The van der Waals surface area contributed by atoms with Gasteiger partial charge in [0.15, 0.2) is 0 Å². The molecule has 0 aromatic rings. The van der Waals surface area contributed by atoms with Gasteiger partial charge in [0.05, 0.1) is 6.04 Å². The molecule has 0 aromatic carbocycles. The van der Waals surface area contributed by atoms with Gasteiger partial charge in [-0.15, -0.1) is 0 Å². The summed E-state index contributed by atoms with van der Waals surface area (Å²) < 4.78 is 0. The second-order valence-corrected chi connectivity index (χ2v) is 4.08. The van der Waals surface area contributed by atoms with Crippen LogP contribution >= 0.6 is 0 Å². The largest absolute Gasteiger partial charge is 0.355 e. The summed E-state index contributed by atoms with van der Waals surface area (Å²) in [5, 5.41) is 5.73. The van der Waals surface area contributed by atoms with Crippen molar-refractivity contribution in [3.05, 3.63) is 0 Å². The molecule has 84 valence electrons. The number of hydrogen-bond acceptors (Lipinski definition) is 3. The van der Waals surface area contributed by atoms with E-state index in [2.05, 4.69) is 15.5 Å². The number of nitrogens with one attached hydrogen (secondary N) is 2. The van der Waals surface area contributed by atoms with Crippen LogP contribution in [0.4, 0.5) is 0 Å². The van der Waals surface area contributed by atoms with Gasteiger partial charge in [-0.25, -0.2) is 0 Å². The molecule has 5 heteroatoms. The molecule has 1 atom stereocenters. The third-order valence-electron chi connectivity index (χ3n) is 3.03. The number of hydrogen-bond donors (Lipinski definition) is 2. The van der Waals surface area contributed by atoms with E-state index in [1.807, 2.05) is 0 Å². The van der Waals surface area contributed by atoms with Crippen LogP contribution in [0.5, 0.6) is 0 Å². The van der Waals surface area contributed by atoms with E-state index in [4.69, 9.17) is 0 Å². The molecule has 2 saturated heterocycles. The Hall–Kier alpha value is -1.10. The maximum Gasteiger partial charge on any atom is 0.237 e. The van der Waals surface area contributed by atoms with E-state index < -0.39 is 0 Å². The van der Waals surface area contributed by atoms with Crippen LogP contribution < -0.4 is 10.6 Å². The van der Waals surface area contributed by atoms with Crippen molar-refractivity contribution < 1.29 is 9.59 Å². The molecule has 0 saturated carbocycles. The first-order valence-corrected chi connectivity index (χ1v) is 5.56. The normalized spacial score (nSPS) is 29.2. The Morgan fingerprint density at radius 1 is 1.13 bits per heavy atom. The number of rotatable bonds is 0. The van der Waals surface area contributed by atoms with Gasteiger partial charge in [-0.3, -0.25) is 14.5 Å². The zero-order valence-corrected chi connectivity index (χ0v) is 8.79. The fourth-order valence-corrected chi connectivity index (χ4v) is 2.21. The van der Waals surface area contributed by atoms with Crippen molar-refractivity contribution in [2.75, 3.05) is 26.2 Å². The lowest BCUT2D eigenvalue weighted by atomic mass is 10.1. The predicted molar refractivity (Wildman–Crippen MR) is 55.2 cm³/mol. The van der Waals surface area contributed by atoms with E-state index in [1.165, 1.54) is 0 Å². The van der Waals surface area contributed by atoms with E-state index in [1.54, 1.807) is 0 Å². The number of amides is 2. The quantitative estimate of drug-likeness (QED) is 0.545. The Morgan fingerprint density at radius 3 is 2.87 bits per heavy atom. The zero-order chi connectivity index (χ0) is 10.7. The lowest BCUT2D eigenvalue weighted by molar-refractivity contribution is -0.127. The topological polar surface area (TPSA) is 61.4 Å². The van der Waals surface area contributed by atoms with E-state index in [0.29, 0.717) is 19.4 Å². The van der Waals surface area contributed by atoms with E-state index >= 15 is 0 Å². The van der Waals surface area contributed by atoms with Gasteiger partial charge in [-0.1, -0.05) is 0 Å². The summed E-state index contributed by atoms with van der Waals surface area (Å²) in [5.41, 5.74) is 0. The Morgan fingerprint density at radius 2 is 2.00 bits per heavy atom. The molecular weight excluding hydrogens is 194 g/mol. The molecule has 0 aliphatic carbocycles. The van der Waals surface area contributed by atoms with Gasteiger partial charge in [-0.2, -0.15) is 0 Å². The first kappa shape index (κ1) is 10.4. The van der Waals surface area contributed by atoms with Crippen LogP contribution in [0.1, 0.15) is 19.3 Å². The highest BCUT2D eigenvalue weighted by Gasteiger charge is 2.29. The number of nitrogens with zero attached hydrogens (tertiary/aromatic N) is 1. The Bertz CT molecular complexity index is 267. The minimum absolute atomic E-state index is 0.0618. The summed E-state index contributed by atoms with van der Waals surface area (Å²) in [6.07, 6.45) is 2.09. The third kappa shape index (κ3) is 2.47. The van der Waals surface area contributed by atoms with Crippen molar-refractivity contribution in [1.82, 2.24) is 15.5 Å². The molecular formula is C10H17N3O2. The van der Waals surface area contributed by atoms with Gasteiger partial charge < -0.3 is 10.6 Å². The summed E-state index contributed by atoms with van der Waals surface area (Å²) in [4.78, 5) is 25.2. The van der Waals surface area contributed by atoms with Gasteiger partial charge in [0.1, 0.15) is 0 Å². The van der Waals surface area contributed by atoms with Crippen LogP contribution in [0.3, 0.4) is 0 Å². The van der Waals surface area contributed by atoms with Crippen molar-refractivity contribution in [3.8, 4) is 0 Å². The van der Waals surface area contributed by atoms with Crippen molar-refractivity contribution in [1.29, 1.82) is 0 Å². The van der Waals surface area contributed by atoms with E-state index in [-0.39, 0.29) is 17.9 Å². The molecule has 2 aliphatic heterocycles. The summed E-state index contributed by atoms with van der Waals surface area (Å²) in [7, 11) is 0. The predicted octanol–water partition coefficient (Wildman–Crippen LogP) is -0.913. The fraction of sp³-hybridized carbons (Fsp3) is 0.800. The molecule has 0 aromatic heterocycles. The molecule has 2 amide bonds. The minimum Gasteiger partial charge on any atom is -0.355 e. The maximum absolute atomic E-state index is 11.7. The lowest BCUT2D eigenvalue weighted by Crippen LogP contribution is -2.49. The zero-order valence-electron chi connectivity index (χ0n) is 8.79. The van der Waals surface area contributed by atoms with Crippen molar-refractivity contribution in [3.63, 3.8) is 0 Å². The lowest BCUT2D eigenvalue weighted by Gasteiger charge is -2.30. The third-order valence-corrected chi connectivity index (χ3v) is 3.03. The average molecular weight is 211 g/mol. The highest BCUT2D eigenvalue weighted by atomic mass is 16.2. The second-order valence-electron chi connectivity index (χ2n) is 4.08. The number of carbonyl (C=O) groups is 2. The SMILES string of the molecule is O=C1CCC2C(=O)NCCCN2CCN1. The summed E-state index contributed by atoms with van der Waals surface area (Å²) in [5.74, 6) is 0.147. The van der Waals surface area contributed by atoms with Crippen molar-refractivity contribution in [2.24, 2.45) is 0 Å². The second kappa shape index (κ2) is 4.61. The summed E-state index contributed by atoms with van der Waals surface area (Å²) >= 11 is 0. The molecule has 5 nitrogen and oxygen atoms in total. The first-order chi connectivity index (χ1) is 7.27. The van der Waals surface area contributed by atoms with Crippen molar-refractivity contribution >= 4 is 11.8 Å². The minimum atomic E-state index is -0.0986. The van der Waals surface area contributed by atoms with Crippen LogP contribution in [-0.4, -0.2) is 48.9 Å². The van der Waals surface area contributed by atoms with E-state index in [0.717, 1.165) is 26.1 Å². The number of carbonyl (C=O) groups excluding carboxylic acids is 2. The van der Waals surface area contributed by atoms with Crippen LogP contribution in [0.15, 0.2) is 0 Å². The van der Waals surface area contributed by atoms with Gasteiger partial charge in [-0.05, 0) is 12.8 Å². The molecule has 2 fully saturated rings. The molecule has 2 aliphatic rings. The highest BCUT2D eigenvalue weighted by molar-refractivity contribution is 5.83. The molecule has 0 spiro atoms. The summed E-state index contributed by atoms with van der Waals surface area (Å²) in [6, 6.07) is -0.0986. The Balaban J connectivity index is 2.07. The molecule has 0 bridgehead atoms. The van der Waals surface area contributed by atoms with Crippen LogP contribution in [0, 0.1) is 0 Å². The molecule has 2 N–H and O–H groups in total. The van der Waals surface area contributed by atoms with Crippen molar-refractivity contribution in [2.45, 2.75) is 25.3 Å². The molecule has 15 heavy (non-hydrogen) atoms.